The zero-order valence-corrected chi connectivity index (χ0v) is 13.3. The van der Waals surface area contributed by atoms with Gasteiger partial charge in [0.2, 0.25) is 0 Å². The second kappa shape index (κ2) is 6.46. The molecule has 1 heterocycles. The summed E-state index contributed by atoms with van der Waals surface area (Å²) in [5.74, 6) is -0.300. The van der Waals surface area contributed by atoms with Crippen molar-refractivity contribution < 1.29 is 14.7 Å². The fourth-order valence-electron chi connectivity index (χ4n) is 2.81. The van der Waals surface area contributed by atoms with Crippen LogP contribution in [0.4, 0.5) is 4.79 Å². The van der Waals surface area contributed by atoms with E-state index in [2.05, 4.69) is 13.8 Å². The number of likely N-dealkylation sites (tertiary alicyclic amines) is 1. The molecule has 1 saturated heterocycles. The molecule has 0 bridgehead atoms. The maximum Gasteiger partial charge on any atom is 0.319 e. The first kappa shape index (κ1) is 16.8. The highest BCUT2D eigenvalue weighted by molar-refractivity contribution is 5.80. The van der Waals surface area contributed by atoms with Crippen molar-refractivity contribution in [3.63, 3.8) is 0 Å². The Bertz CT molecular complexity index is 370. The zero-order valence-electron chi connectivity index (χ0n) is 13.3. The van der Waals surface area contributed by atoms with Crippen LogP contribution in [-0.2, 0) is 4.79 Å². The van der Waals surface area contributed by atoms with Crippen LogP contribution in [0.2, 0.25) is 0 Å². The number of carboxylic acid groups (broad SMARTS) is 1. The van der Waals surface area contributed by atoms with Gasteiger partial charge < -0.3 is 14.9 Å². The molecule has 0 radical (unpaired) electrons. The molecule has 2 unspecified atom stereocenters. The van der Waals surface area contributed by atoms with Crippen LogP contribution in [0.5, 0.6) is 0 Å². The molecule has 1 rings (SSSR count). The van der Waals surface area contributed by atoms with Gasteiger partial charge in [-0.1, -0.05) is 34.1 Å². The van der Waals surface area contributed by atoms with Crippen LogP contribution in [0.25, 0.3) is 0 Å². The van der Waals surface area contributed by atoms with Crippen molar-refractivity contribution in [2.45, 2.75) is 40.5 Å². The smallest absolute Gasteiger partial charge is 0.319 e. The number of carbonyl (C=O) groups is 2. The predicted octanol–water partition coefficient (Wildman–Crippen LogP) is 2.52. The minimum Gasteiger partial charge on any atom is -0.481 e. The Labute approximate surface area is 121 Å². The summed E-state index contributed by atoms with van der Waals surface area (Å²) in [4.78, 5) is 27.4. The molecule has 2 amide bonds. The Morgan fingerprint density at radius 1 is 1.35 bits per heavy atom. The van der Waals surface area contributed by atoms with Crippen LogP contribution in [-0.4, -0.2) is 53.6 Å². The second-order valence-electron chi connectivity index (χ2n) is 6.46. The lowest BCUT2D eigenvalue weighted by Gasteiger charge is -2.30. The standard InChI is InChI=1S/C15H28N2O3/c1-6-12(4)9-16(5)14(20)17-8-7-15(10-17,11(2)3)13(18)19/h11-12H,6-10H2,1-5H3,(H,18,19). The van der Waals surface area contributed by atoms with Crippen LogP contribution >= 0.6 is 0 Å². The van der Waals surface area contributed by atoms with Gasteiger partial charge >= 0.3 is 12.0 Å². The van der Waals surface area contributed by atoms with Crippen molar-refractivity contribution in [2.75, 3.05) is 26.7 Å². The zero-order chi connectivity index (χ0) is 15.5. The number of urea groups is 1. The van der Waals surface area contributed by atoms with Gasteiger partial charge in [-0.25, -0.2) is 4.79 Å². The molecule has 0 spiro atoms. The van der Waals surface area contributed by atoms with Crippen molar-refractivity contribution in [1.29, 1.82) is 0 Å². The summed E-state index contributed by atoms with van der Waals surface area (Å²) in [6, 6.07) is -0.0472. The van der Waals surface area contributed by atoms with Crippen LogP contribution < -0.4 is 0 Å². The Kier molecular flexibility index (Phi) is 5.42. The molecule has 116 valence electrons. The van der Waals surface area contributed by atoms with E-state index in [0.29, 0.717) is 32.0 Å². The molecular formula is C15H28N2O3. The van der Waals surface area contributed by atoms with Crippen molar-refractivity contribution in [3.8, 4) is 0 Å². The molecule has 0 saturated carbocycles. The summed E-state index contributed by atoms with van der Waals surface area (Å²) in [5.41, 5.74) is -0.785. The first-order valence-electron chi connectivity index (χ1n) is 7.48. The first-order chi connectivity index (χ1) is 9.24. The van der Waals surface area contributed by atoms with Gasteiger partial charge in [0.1, 0.15) is 0 Å². The maximum absolute atomic E-state index is 12.4. The van der Waals surface area contributed by atoms with Gasteiger partial charge in [0.05, 0.1) is 5.41 Å². The highest BCUT2D eigenvalue weighted by atomic mass is 16.4. The number of hydrogen-bond acceptors (Lipinski definition) is 2. The summed E-state index contributed by atoms with van der Waals surface area (Å²) in [6.45, 7) is 9.64. The van der Waals surface area contributed by atoms with E-state index in [1.807, 2.05) is 13.8 Å². The van der Waals surface area contributed by atoms with Crippen molar-refractivity contribution in [2.24, 2.45) is 17.3 Å². The van der Waals surface area contributed by atoms with Crippen LogP contribution in [0.15, 0.2) is 0 Å². The SMILES string of the molecule is CCC(C)CN(C)C(=O)N1CCC(C(=O)O)(C(C)C)C1. The Morgan fingerprint density at radius 2 is 1.95 bits per heavy atom. The number of hydrogen-bond donors (Lipinski definition) is 1. The van der Waals surface area contributed by atoms with E-state index >= 15 is 0 Å². The lowest BCUT2D eigenvalue weighted by atomic mass is 9.76. The van der Waals surface area contributed by atoms with Crippen molar-refractivity contribution in [1.82, 2.24) is 9.80 Å². The van der Waals surface area contributed by atoms with Gasteiger partial charge in [-0.2, -0.15) is 0 Å². The van der Waals surface area contributed by atoms with Gasteiger partial charge in [-0.05, 0) is 18.3 Å². The van der Waals surface area contributed by atoms with Crippen LogP contribution in [0.3, 0.4) is 0 Å². The molecule has 2 atom stereocenters. The summed E-state index contributed by atoms with van der Waals surface area (Å²) in [5, 5.41) is 9.50. The van der Waals surface area contributed by atoms with E-state index in [9.17, 15) is 14.7 Å². The molecule has 5 heteroatoms. The third-order valence-electron chi connectivity index (χ3n) is 4.71. The topological polar surface area (TPSA) is 60.9 Å². The van der Waals surface area contributed by atoms with E-state index in [-0.39, 0.29) is 11.9 Å². The Balaban J connectivity index is 2.71. The monoisotopic (exact) mass is 284 g/mol. The van der Waals surface area contributed by atoms with Crippen LogP contribution in [0.1, 0.15) is 40.5 Å². The maximum atomic E-state index is 12.4. The van der Waals surface area contributed by atoms with E-state index in [1.165, 1.54) is 0 Å². The molecule has 0 aromatic carbocycles. The first-order valence-corrected chi connectivity index (χ1v) is 7.48. The predicted molar refractivity (Wildman–Crippen MR) is 78.6 cm³/mol. The number of carboxylic acids is 1. The normalized spacial score (nSPS) is 24.0. The summed E-state index contributed by atoms with van der Waals surface area (Å²) >= 11 is 0. The molecular weight excluding hydrogens is 256 g/mol. The quantitative estimate of drug-likeness (QED) is 0.844. The Morgan fingerprint density at radius 3 is 2.35 bits per heavy atom. The fourth-order valence-corrected chi connectivity index (χ4v) is 2.81. The van der Waals surface area contributed by atoms with E-state index in [1.54, 1.807) is 16.8 Å². The third kappa shape index (κ3) is 3.25. The molecule has 0 aromatic heterocycles. The average molecular weight is 284 g/mol. The van der Waals surface area contributed by atoms with Crippen molar-refractivity contribution >= 4 is 12.0 Å². The van der Waals surface area contributed by atoms with Gasteiger partial charge in [0.15, 0.2) is 0 Å². The molecule has 20 heavy (non-hydrogen) atoms. The molecule has 1 fully saturated rings. The minimum atomic E-state index is -0.785. The highest BCUT2D eigenvalue weighted by Crippen LogP contribution is 2.38. The van der Waals surface area contributed by atoms with Gasteiger partial charge in [0, 0.05) is 26.7 Å². The fraction of sp³-hybridized carbons (Fsp3) is 0.867. The molecule has 0 aromatic rings. The van der Waals surface area contributed by atoms with Crippen LogP contribution in [0, 0.1) is 17.3 Å². The van der Waals surface area contributed by atoms with E-state index < -0.39 is 11.4 Å². The van der Waals surface area contributed by atoms with E-state index in [0.717, 1.165) is 6.42 Å². The average Bonchev–Trinajstić information content (AvgIpc) is 2.83. The minimum absolute atomic E-state index is 0.0256. The third-order valence-corrected chi connectivity index (χ3v) is 4.71. The Hall–Kier alpha value is -1.26. The molecule has 5 nitrogen and oxygen atoms in total. The molecule has 1 aliphatic heterocycles. The number of carbonyl (C=O) groups excluding carboxylic acids is 1. The summed E-state index contributed by atoms with van der Waals surface area (Å²) in [6.07, 6.45) is 1.57. The van der Waals surface area contributed by atoms with E-state index in [4.69, 9.17) is 0 Å². The lowest BCUT2D eigenvalue weighted by molar-refractivity contribution is -0.150. The largest absolute Gasteiger partial charge is 0.481 e. The highest BCUT2D eigenvalue weighted by Gasteiger charge is 2.48. The molecule has 1 N–H and O–H groups in total. The van der Waals surface area contributed by atoms with Gasteiger partial charge in [-0.3, -0.25) is 4.79 Å². The number of aliphatic carboxylic acids is 1. The lowest BCUT2D eigenvalue weighted by Crippen LogP contribution is -2.45. The molecule has 1 aliphatic rings. The number of nitrogens with zero attached hydrogens (tertiary/aromatic N) is 2. The summed E-state index contributed by atoms with van der Waals surface area (Å²) in [7, 11) is 1.80. The number of amides is 2. The van der Waals surface area contributed by atoms with Crippen molar-refractivity contribution in [3.05, 3.63) is 0 Å². The van der Waals surface area contributed by atoms with Gasteiger partial charge in [-0.15, -0.1) is 0 Å². The molecule has 0 aliphatic carbocycles. The summed E-state index contributed by atoms with van der Waals surface area (Å²) < 4.78 is 0. The van der Waals surface area contributed by atoms with Gasteiger partial charge in [0.25, 0.3) is 0 Å². The second-order valence-corrected chi connectivity index (χ2v) is 6.46. The number of rotatable bonds is 5.